The Bertz CT molecular complexity index is 394. The Morgan fingerprint density at radius 1 is 1.20 bits per heavy atom. The van der Waals surface area contributed by atoms with E-state index >= 15 is 0 Å². The molecule has 0 fully saturated rings. The fourth-order valence-electron chi connectivity index (χ4n) is 1.12. The molecule has 0 aromatic heterocycles. The van der Waals surface area contributed by atoms with Crippen molar-refractivity contribution in [1.82, 2.24) is 0 Å². The molecule has 15 heavy (non-hydrogen) atoms. The van der Waals surface area contributed by atoms with Crippen LogP contribution in [0.4, 0.5) is 0 Å². The highest BCUT2D eigenvalue weighted by molar-refractivity contribution is 5.99. The SMILES string of the molecule is C=C/C(C)=C\N=C(/C)c1ccc(C)cc1. The maximum Gasteiger partial charge on any atom is 0.0445 e. The molecule has 0 aliphatic carbocycles. The number of aryl methyl sites for hydroxylation is 1. The third-order valence-corrected chi connectivity index (χ3v) is 2.25. The van der Waals surface area contributed by atoms with Gasteiger partial charge in [0.25, 0.3) is 0 Å². The highest BCUT2D eigenvalue weighted by atomic mass is 14.7. The van der Waals surface area contributed by atoms with Crippen molar-refractivity contribution in [3.05, 3.63) is 59.8 Å². The van der Waals surface area contributed by atoms with Gasteiger partial charge in [-0.05, 0) is 31.9 Å². The van der Waals surface area contributed by atoms with Gasteiger partial charge in [0.1, 0.15) is 0 Å². The van der Waals surface area contributed by atoms with Gasteiger partial charge in [0, 0.05) is 11.9 Å². The lowest BCUT2D eigenvalue weighted by molar-refractivity contribution is 1.40. The molecule has 1 heteroatoms. The predicted molar refractivity (Wildman–Crippen MR) is 67.3 cm³/mol. The number of allylic oxidation sites excluding steroid dienone is 2. The van der Waals surface area contributed by atoms with Crippen LogP contribution in [0.2, 0.25) is 0 Å². The summed E-state index contributed by atoms with van der Waals surface area (Å²) in [5, 5.41) is 0. The topological polar surface area (TPSA) is 12.4 Å². The molecule has 0 saturated carbocycles. The monoisotopic (exact) mass is 199 g/mol. The third-order valence-electron chi connectivity index (χ3n) is 2.25. The summed E-state index contributed by atoms with van der Waals surface area (Å²) < 4.78 is 0. The zero-order chi connectivity index (χ0) is 11.3. The molecule has 0 aliphatic heterocycles. The first kappa shape index (κ1) is 11.4. The number of rotatable bonds is 3. The van der Waals surface area contributed by atoms with Gasteiger partial charge in [0.15, 0.2) is 0 Å². The molecule has 0 N–H and O–H groups in total. The van der Waals surface area contributed by atoms with Gasteiger partial charge in [-0.3, -0.25) is 4.99 Å². The molecular weight excluding hydrogens is 182 g/mol. The lowest BCUT2D eigenvalue weighted by Gasteiger charge is -1.99. The van der Waals surface area contributed by atoms with Crippen LogP contribution >= 0.6 is 0 Å². The summed E-state index contributed by atoms with van der Waals surface area (Å²) in [6.45, 7) is 9.76. The van der Waals surface area contributed by atoms with Crippen LogP contribution in [-0.2, 0) is 0 Å². The van der Waals surface area contributed by atoms with E-state index in [9.17, 15) is 0 Å². The lowest BCUT2D eigenvalue weighted by Crippen LogP contribution is -1.93. The highest BCUT2D eigenvalue weighted by Gasteiger charge is 1.94. The van der Waals surface area contributed by atoms with Gasteiger partial charge in [-0.2, -0.15) is 0 Å². The normalized spacial score (nSPS) is 12.7. The number of hydrogen-bond donors (Lipinski definition) is 0. The Morgan fingerprint density at radius 2 is 1.80 bits per heavy atom. The molecule has 0 radical (unpaired) electrons. The Morgan fingerprint density at radius 3 is 2.33 bits per heavy atom. The molecule has 0 unspecified atom stereocenters. The van der Waals surface area contributed by atoms with Crippen LogP contribution in [0, 0.1) is 6.92 Å². The van der Waals surface area contributed by atoms with E-state index in [0.29, 0.717) is 0 Å². The molecule has 0 spiro atoms. The van der Waals surface area contributed by atoms with E-state index in [1.165, 1.54) is 5.56 Å². The summed E-state index contributed by atoms with van der Waals surface area (Å²) in [5.41, 5.74) is 4.52. The minimum atomic E-state index is 1.02. The smallest absolute Gasteiger partial charge is 0.0445 e. The van der Waals surface area contributed by atoms with Gasteiger partial charge in [0.05, 0.1) is 0 Å². The fraction of sp³-hybridized carbons (Fsp3) is 0.214. The first-order valence-electron chi connectivity index (χ1n) is 5.04. The van der Waals surface area contributed by atoms with Crippen molar-refractivity contribution in [1.29, 1.82) is 0 Å². The van der Waals surface area contributed by atoms with Gasteiger partial charge >= 0.3 is 0 Å². The van der Waals surface area contributed by atoms with Gasteiger partial charge in [-0.25, -0.2) is 0 Å². The number of aliphatic imine (C=N–C) groups is 1. The van der Waals surface area contributed by atoms with Crippen LogP contribution in [0.1, 0.15) is 25.0 Å². The molecule has 0 saturated heterocycles. The lowest BCUT2D eigenvalue weighted by atomic mass is 10.1. The summed E-state index contributed by atoms with van der Waals surface area (Å²) >= 11 is 0. The highest BCUT2D eigenvalue weighted by Crippen LogP contribution is 2.05. The van der Waals surface area contributed by atoms with Crippen molar-refractivity contribution < 1.29 is 0 Å². The largest absolute Gasteiger partial charge is 0.261 e. The average Bonchev–Trinajstić information content (AvgIpc) is 2.26. The number of hydrogen-bond acceptors (Lipinski definition) is 1. The molecule has 0 bridgehead atoms. The zero-order valence-electron chi connectivity index (χ0n) is 9.62. The quantitative estimate of drug-likeness (QED) is 0.517. The molecule has 0 amide bonds. The molecule has 1 aromatic rings. The van der Waals surface area contributed by atoms with Gasteiger partial charge < -0.3 is 0 Å². The van der Waals surface area contributed by atoms with Crippen molar-refractivity contribution in [2.45, 2.75) is 20.8 Å². The molecule has 0 atom stereocenters. The average molecular weight is 199 g/mol. The second-order valence-electron chi connectivity index (χ2n) is 3.66. The first-order valence-corrected chi connectivity index (χ1v) is 5.04. The third kappa shape index (κ3) is 3.55. The van der Waals surface area contributed by atoms with Crippen LogP contribution in [0.3, 0.4) is 0 Å². The van der Waals surface area contributed by atoms with E-state index in [2.05, 4.69) is 42.8 Å². The molecule has 1 nitrogen and oxygen atoms in total. The second kappa shape index (κ2) is 5.30. The van der Waals surface area contributed by atoms with Crippen LogP contribution in [0.5, 0.6) is 0 Å². The minimum Gasteiger partial charge on any atom is -0.261 e. The minimum absolute atomic E-state index is 1.02. The Hall–Kier alpha value is -1.63. The standard InChI is InChI=1S/C14H17N/c1-5-11(2)10-15-13(4)14-8-6-12(3)7-9-14/h5-10H,1H2,2-4H3/b11-10-,15-13+. The summed E-state index contributed by atoms with van der Waals surface area (Å²) in [4.78, 5) is 4.38. The van der Waals surface area contributed by atoms with Crippen LogP contribution in [-0.4, -0.2) is 5.71 Å². The van der Waals surface area contributed by atoms with Crippen molar-refractivity contribution in [3.8, 4) is 0 Å². The van der Waals surface area contributed by atoms with Crippen molar-refractivity contribution in [2.24, 2.45) is 4.99 Å². The van der Waals surface area contributed by atoms with Crippen molar-refractivity contribution >= 4 is 5.71 Å². The van der Waals surface area contributed by atoms with Gasteiger partial charge in [-0.1, -0.05) is 42.5 Å². The van der Waals surface area contributed by atoms with Crippen LogP contribution < -0.4 is 0 Å². The second-order valence-corrected chi connectivity index (χ2v) is 3.66. The summed E-state index contributed by atoms with van der Waals surface area (Å²) in [6.07, 6.45) is 3.63. The predicted octanol–water partition coefficient (Wildman–Crippen LogP) is 3.89. The molecule has 0 aliphatic rings. The summed E-state index contributed by atoms with van der Waals surface area (Å²) in [7, 11) is 0. The molecule has 78 valence electrons. The fourth-order valence-corrected chi connectivity index (χ4v) is 1.12. The van der Waals surface area contributed by atoms with Crippen molar-refractivity contribution in [2.75, 3.05) is 0 Å². The summed E-state index contributed by atoms with van der Waals surface area (Å²) in [6, 6.07) is 8.37. The molecule has 1 rings (SSSR count). The molecular formula is C14H17N. The van der Waals surface area contributed by atoms with Gasteiger partial charge in [-0.15, -0.1) is 0 Å². The number of benzene rings is 1. The van der Waals surface area contributed by atoms with E-state index < -0.39 is 0 Å². The van der Waals surface area contributed by atoms with Crippen molar-refractivity contribution in [3.63, 3.8) is 0 Å². The zero-order valence-corrected chi connectivity index (χ0v) is 9.62. The van der Waals surface area contributed by atoms with E-state index in [1.54, 1.807) is 6.08 Å². The van der Waals surface area contributed by atoms with Gasteiger partial charge in [0.2, 0.25) is 0 Å². The molecule has 0 heterocycles. The van der Waals surface area contributed by atoms with Crippen LogP contribution in [0.25, 0.3) is 0 Å². The maximum atomic E-state index is 4.38. The first-order chi connectivity index (χ1) is 7.13. The van der Waals surface area contributed by atoms with E-state index in [0.717, 1.165) is 16.8 Å². The number of nitrogens with zero attached hydrogens (tertiary/aromatic N) is 1. The Labute approximate surface area is 91.9 Å². The maximum absolute atomic E-state index is 4.38. The van der Waals surface area contributed by atoms with E-state index in [4.69, 9.17) is 0 Å². The Kier molecular flexibility index (Phi) is 4.04. The van der Waals surface area contributed by atoms with Crippen LogP contribution in [0.15, 0.2) is 53.7 Å². The summed E-state index contributed by atoms with van der Waals surface area (Å²) in [5.74, 6) is 0. The van der Waals surface area contributed by atoms with E-state index in [-0.39, 0.29) is 0 Å². The molecule has 1 aromatic carbocycles. The Balaban J connectivity index is 2.89. The van der Waals surface area contributed by atoms with E-state index in [1.807, 2.05) is 20.0 Å².